The fourth-order valence-corrected chi connectivity index (χ4v) is 7.83. The zero-order valence-corrected chi connectivity index (χ0v) is 40.1. The van der Waals surface area contributed by atoms with E-state index in [1.54, 1.807) is 50.1 Å². The monoisotopic (exact) mass is 1070 g/mol. The number of imidazole rings is 2. The molecule has 75 heavy (non-hydrogen) atoms. The van der Waals surface area contributed by atoms with Gasteiger partial charge in [0.05, 0.1) is 59.9 Å². The third kappa shape index (κ3) is 13.2. The molecular weight excluding hydrogens is 1030 g/mol. The number of aromatic nitrogens is 8. The van der Waals surface area contributed by atoms with Crippen LogP contribution in [-0.2, 0) is 0 Å². The molecule has 0 aliphatic carbocycles. The average Bonchev–Trinajstić information content (AvgIpc) is 3.96. The van der Waals surface area contributed by atoms with E-state index in [1.807, 2.05) is 0 Å². The van der Waals surface area contributed by atoms with Gasteiger partial charge < -0.3 is 48.9 Å². The fraction of sp³-hybridized carbons (Fsp3) is 0.208. The van der Waals surface area contributed by atoms with E-state index in [1.165, 1.54) is 88.8 Å². The van der Waals surface area contributed by atoms with Crippen LogP contribution in [0, 0.1) is 37.1 Å². The Kier molecular flexibility index (Phi) is 15.1. The topological polar surface area (TPSA) is 169 Å². The van der Waals surface area contributed by atoms with Crippen molar-refractivity contribution in [2.75, 3.05) is 48.2 Å². The second-order valence-corrected chi connectivity index (χ2v) is 16.8. The smallest absolute Gasteiger partial charge is 0.486 e. The number of aryl methyl sites for hydroxylation is 2. The number of likely N-dealkylation sites (N-methyl/N-ethyl adjacent to an activating group) is 2. The first kappa shape index (κ1) is 52.8. The normalized spacial score (nSPS) is 15.0. The molecule has 4 aromatic heterocycles. The summed E-state index contributed by atoms with van der Waals surface area (Å²) in [5, 5.41) is 2.95. The Morgan fingerprint density at radius 2 is 1.07 bits per heavy atom. The van der Waals surface area contributed by atoms with Crippen molar-refractivity contribution in [2.45, 2.75) is 38.7 Å². The van der Waals surface area contributed by atoms with Crippen molar-refractivity contribution in [3.63, 3.8) is 0 Å². The summed E-state index contributed by atoms with van der Waals surface area (Å²) < 4.78 is 153. The third-order valence-corrected chi connectivity index (χ3v) is 11.2. The summed E-state index contributed by atoms with van der Waals surface area (Å²) >= 11 is 5.76. The maximum atomic E-state index is 13.8. The lowest BCUT2D eigenvalue weighted by atomic mass is 10.0. The van der Waals surface area contributed by atoms with Crippen LogP contribution in [0.1, 0.15) is 34.6 Å². The van der Waals surface area contributed by atoms with Crippen molar-refractivity contribution in [1.82, 2.24) is 39.0 Å². The Balaban J connectivity index is 0.000000165. The molecule has 16 nitrogen and oxygen atoms in total. The van der Waals surface area contributed by atoms with Gasteiger partial charge in [0.2, 0.25) is 11.2 Å². The summed E-state index contributed by atoms with van der Waals surface area (Å²) in [6.07, 6.45) is -0.865. The van der Waals surface area contributed by atoms with Gasteiger partial charge in [-0.3, -0.25) is 0 Å². The number of rotatable bonds is 8. The number of nitrogens with one attached hydrogen (secondary N) is 1. The number of hydrogen-bond acceptors (Lipinski definition) is 14. The zero-order valence-electron chi connectivity index (χ0n) is 39.3. The molecule has 8 aromatic rings. The molecule has 0 amide bonds. The van der Waals surface area contributed by atoms with Crippen LogP contribution in [0.4, 0.5) is 72.9 Å². The van der Waals surface area contributed by atoms with Gasteiger partial charge in [0.1, 0.15) is 36.5 Å². The quantitative estimate of drug-likeness (QED) is 0.0837. The van der Waals surface area contributed by atoms with Crippen molar-refractivity contribution in [3.8, 4) is 34.4 Å². The lowest BCUT2D eigenvalue weighted by molar-refractivity contribution is -0.275. The molecule has 2 unspecified atom stereocenters. The number of nitrogen functional groups attached to an aromatic ring is 1. The summed E-state index contributed by atoms with van der Waals surface area (Å²) in [4.78, 5) is 27.9. The molecule has 0 saturated heterocycles. The number of benzene rings is 4. The number of ether oxygens (including phenoxy) is 4. The first-order valence-electron chi connectivity index (χ1n) is 21.8. The van der Waals surface area contributed by atoms with E-state index in [-0.39, 0.29) is 59.0 Å². The van der Waals surface area contributed by atoms with Crippen molar-refractivity contribution in [3.05, 3.63) is 161 Å². The van der Waals surface area contributed by atoms with E-state index in [9.17, 15) is 43.9 Å². The SMILES string of the molecule is CN1c2nc(Cl)ncc2OCC1c1cc(F)cc(F)c1.Cc1cn(-c2ccc(N)cc2OC(F)(F)F)cn1.Cc1cn(-c2ccc(Nc3ncc4c(n3)N(C)C(c3cc(F)cc(F)c3)CO4)cc2OC(F)(F)F)cn1. The lowest BCUT2D eigenvalue weighted by Gasteiger charge is -2.35. The highest BCUT2D eigenvalue weighted by Gasteiger charge is 2.35. The van der Waals surface area contributed by atoms with E-state index in [4.69, 9.17) is 26.8 Å². The number of alkyl halides is 6. The molecule has 2 aliphatic heterocycles. The van der Waals surface area contributed by atoms with Gasteiger partial charge in [0.25, 0.3) is 0 Å². The van der Waals surface area contributed by atoms with Gasteiger partial charge in [-0.2, -0.15) is 9.97 Å². The Hall–Kier alpha value is -8.55. The Labute approximate surface area is 423 Å². The first-order chi connectivity index (χ1) is 35.4. The average molecular weight is 1070 g/mol. The van der Waals surface area contributed by atoms with E-state index < -0.39 is 47.8 Å². The van der Waals surface area contributed by atoms with Gasteiger partial charge in [-0.1, -0.05) is 0 Å². The minimum absolute atomic E-state index is 0.0597. The number of hydrogen-bond donors (Lipinski definition) is 2. The van der Waals surface area contributed by atoms with E-state index in [0.29, 0.717) is 45.6 Å². The predicted molar refractivity (Wildman–Crippen MR) is 253 cm³/mol. The molecule has 3 N–H and O–H groups in total. The molecule has 6 heterocycles. The van der Waals surface area contributed by atoms with Gasteiger partial charge in [-0.25, -0.2) is 37.5 Å². The third-order valence-electron chi connectivity index (χ3n) is 11.0. The molecule has 2 atom stereocenters. The predicted octanol–water partition coefficient (Wildman–Crippen LogP) is 11.1. The highest BCUT2D eigenvalue weighted by Crippen LogP contribution is 2.40. The minimum atomic E-state index is -4.92. The van der Waals surface area contributed by atoms with Gasteiger partial charge in [-0.05, 0) is 85.1 Å². The largest absolute Gasteiger partial charge is 0.573 e. The number of nitrogens with zero attached hydrogens (tertiary/aromatic N) is 10. The highest BCUT2D eigenvalue weighted by atomic mass is 35.5. The molecular formula is C48H39ClF10N12O4. The number of nitrogens with two attached hydrogens (primary N) is 1. The number of anilines is 5. The van der Waals surface area contributed by atoms with Crippen molar-refractivity contribution < 1.29 is 62.9 Å². The summed E-state index contributed by atoms with van der Waals surface area (Å²) in [6.45, 7) is 3.80. The summed E-state index contributed by atoms with van der Waals surface area (Å²) in [7, 11) is 3.45. The first-order valence-corrected chi connectivity index (χ1v) is 22.2. The van der Waals surface area contributed by atoms with Crippen LogP contribution in [-0.4, -0.2) is 79.1 Å². The Bertz CT molecular complexity index is 3300. The van der Waals surface area contributed by atoms with Crippen LogP contribution in [0.2, 0.25) is 5.28 Å². The van der Waals surface area contributed by atoms with Crippen LogP contribution >= 0.6 is 11.6 Å². The van der Waals surface area contributed by atoms with Crippen LogP contribution in [0.15, 0.2) is 110 Å². The molecule has 27 heteroatoms. The maximum Gasteiger partial charge on any atom is 0.573 e. The number of fused-ring (bicyclic) bond motifs is 2. The van der Waals surface area contributed by atoms with E-state index in [2.05, 4.69) is 44.7 Å². The van der Waals surface area contributed by atoms with Gasteiger partial charge in [-0.15, -0.1) is 26.3 Å². The van der Waals surface area contributed by atoms with Crippen LogP contribution in [0.25, 0.3) is 11.4 Å². The Morgan fingerprint density at radius 1 is 0.613 bits per heavy atom. The van der Waals surface area contributed by atoms with E-state index in [0.717, 1.165) is 18.2 Å². The molecule has 0 saturated carbocycles. The second kappa shape index (κ2) is 21.5. The van der Waals surface area contributed by atoms with Crippen LogP contribution < -0.4 is 39.8 Å². The lowest BCUT2D eigenvalue weighted by Crippen LogP contribution is -2.34. The van der Waals surface area contributed by atoms with Crippen LogP contribution in [0.3, 0.4) is 0 Å². The summed E-state index contributed by atoms with van der Waals surface area (Å²) in [6, 6.07) is 13.9. The number of halogens is 11. The van der Waals surface area contributed by atoms with Gasteiger partial charge in [0.15, 0.2) is 34.6 Å². The van der Waals surface area contributed by atoms with Crippen molar-refractivity contribution in [1.29, 1.82) is 0 Å². The van der Waals surface area contributed by atoms with Gasteiger partial charge >= 0.3 is 12.7 Å². The standard InChI is InChI=1S/C24H19F5N6O2.C13H10ClF2N3O.C11H10F3N3O/c1-13-10-35(12-31-13)18-4-3-17(8-20(18)37-24(27,28)29)32-23-30-9-21-22(33-23)34(2)19(11-36-21)14-5-15(25)7-16(26)6-14;1-19-10(7-2-8(15)4-9(16)3-7)6-20-11-5-17-13(14)18-12(11)19;1-7-5-17(6-16-7)9-3-2-8(15)4-10(9)18-11(12,13)14/h3-10,12,19H,11H2,1-2H3,(H,30,32,33);2-5,10H,6H2,1H3;2-6H,15H2,1H3. The molecule has 0 radical (unpaired) electrons. The van der Waals surface area contributed by atoms with Crippen LogP contribution in [0.5, 0.6) is 23.0 Å². The molecule has 10 rings (SSSR count). The Morgan fingerprint density at radius 3 is 1.53 bits per heavy atom. The zero-order chi connectivity index (χ0) is 53.9. The molecule has 0 spiro atoms. The molecule has 392 valence electrons. The fourth-order valence-electron chi connectivity index (χ4n) is 7.70. The second-order valence-electron chi connectivity index (χ2n) is 16.5. The van der Waals surface area contributed by atoms with Gasteiger partial charge in [0, 0.05) is 62.1 Å². The summed E-state index contributed by atoms with van der Waals surface area (Å²) in [5.74, 6) is -1.79. The molecule has 2 aliphatic rings. The van der Waals surface area contributed by atoms with Crippen molar-refractivity contribution >= 4 is 40.6 Å². The summed E-state index contributed by atoms with van der Waals surface area (Å²) in [5.41, 5.74) is 8.37. The minimum Gasteiger partial charge on any atom is -0.486 e. The molecule has 4 aromatic carbocycles. The van der Waals surface area contributed by atoms with E-state index >= 15 is 0 Å². The molecule has 0 bridgehead atoms. The maximum absolute atomic E-state index is 13.8. The molecule has 0 fully saturated rings. The highest BCUT2D eigenvalue weighted by molar-refractivity contribution is 6.28. The van der Waals surface area contributed by atoms with Crippen molar-refractivity contribution in [2.24, 2.45) is 0 Å².